The number of rotatable bonds is 15. The molecule has 3 fully saturated rings. The molecule has 0 spiro atoms. The van der Waals surface area contributed by atoms with Gasteiger partial charge in [0.05, 0.1) is 44.2 Å². The summed E-state index contributed by atoms with van der Waals surface area (Å²) in [4.78, 5) is 16.0. The van der Waals surface area contributed by atoms with E-state index in [-0.39, 0.29) is 6.10 Å². The average Bonchev–Trinajstić information content (AvgIpc) is 3.86. The minimum atomic E-state index is -0.228. The average molecular weight is 683 g/mol. The maximum absolute atomic E-state index is 9.69. The first-order valence-electron chi connectivity index (χ1n) is 17.8. The smallest absolute Gasteiger partial charge is 0.256 e. The molecule has 2 saturated heterocycles. The molecular weight excluding hydrogens is 636 g/mol. The van der Waals surface area contributed by atoms with Gasteiger partial charge in [0.1, 0.15) is 36.3 Å². The first-order valence-corrected chi connectivity index (χ1v) is 17.8. The Morgan fingerprint density at radius 3 is 2.44 bits per heavy atom. The van der Waals surface area contributed by atoms with Gasteiger partial charge in [-0.25, -0.2) is 19.6 Å². The largest absolute Gasteiger partial charge is 0.487 e. The van der Waals surface area contributed by atoms with Crippen LogP contribution in [0.4, 0.5) is 11.6 Å². The molecule has 3 atom stereocenters. The lowest BCUT2D eigenvalue weighted by atomic mass is 9.89. The van der Waals surface area contributed by atoms with Gasteiger partial charge in [-0.1, -0.05) is 6.07 Å². The van der Waals surface area contributed by atoms with E-state index in [4.69, 9.17) is 24.0 Å². The Bertz CT molecular complexity index is 1700. The summed E-state index contributed by atoms with van der Waals surface area (Å²) in [7, 11) is 1.71. The minimum absolute atomic E-state index is 0.228. The highest BCUT2D eigenvalue weighted by molar-refractivity contribution is 5.67. The number of nitriles is 1. The fourth-order valence-electron chi connectivity index (χ4n) is 7.55. The van der Waals surface area contributed by atoms with Gasteiger partial charge in [0.15, 0.2) is 0 Å². The van der Waals surface area contributed by atoms with Crippen LogP contribution in [0.1, 0.15) is 69.9 Å². The second-order valence-corrected chi connectivity index (χ2v) is 13.5. The Balaban J connectivity index is 1.02. The first-order chi connectivity index (χ1) is 24.6. The molecular formula is C36H46N10O4. The molecule has 2 aliphatic heterocycles. The molecule has 1 aliphatic carbocycles. The summed E-state index contributed by atoms with van der Waals surface area (Å²) >= 11 is 0. The fourth-order valence-corrected chi connectivity index (χ4v) is 7.55. The van der Waals surface area contributed by atoms with Gasteiger partial charge in [-0.15, -0.1) is 5.10 Å². The molecule has 1 aromatic carbocycles. The second-order valence-electron chi connectivity index (χ2n) is 13.5. The summed E-state index contributed by atoms with van der Waals surface area (Å²) in [6.45, 7) is 5.44. The molecule has 0 amide bonds. The molecule has 14 nitrogen and oxygen atoms in total. The maximum atomic E-state index is 9.69. The first kappa shape index (κ1) is 33.9. The summed E-state index contributed by atoms with van der Waals surface area (Å²) in [5.74, 6) is 1.48. The Labute approximate surface area is 292 Å². The van der Waals surface area contributed by atoms with Crippen molar-refractivity contribution in [2.24, 2.45) is 0 Å². The van der Waals surface area contributed by atoms with Gasteiger partial charge < -0.3 is 24.3 Å². The summed E-state index contributed by atoms with van der Waals surface area (Å²) in [6, 6.07) is 9.81. The molecule has 14 heteroatoms. The third-order valence-corrected chi connectivity index (χ3v) is 10.0. The van der Waals surface area contributed by atoms with Crippen LogP contribution in [0.25, 0.3) is 11.1 Å². The van der Waals surface area contributed by atoms with E-state index in [9.17, 15) is 5.26 Å². The number of methoxy groups -OCH3 is 1. The SMILES string of the molecule is COCCCCOc1nn(C2CCC(N3[C@@H]4CC[C@@H]3COC4)CC2)cc1Nc1ncc(-c2ccc(C#N)c(O[C@@H](C)Cn3cncn3)c2)cn1. The normalized spacial score (nSPS) is 22.6. The quantitative estimate of drug-likeness (QED) is 0.165. The van der Waals surface area contributed by atoms with Crippen LogP contribution in [-0.2, 0) is 16.0 Å². The van der Waals surface area contributed by atoms with Gasteiger partial charge in [0.2, 0.25) is 5.95 Å². The predicted molar refractivity (Wildman–Crippen MR) is 185 cm³/mol. The Kier molecular flexibility index (Phi) is 10.8. The van der Waals surface area contributed by atoms with Crippen LogP contribution in [0.5, 0.6) is 11.6 Å². The topological polar surface area (TPSA) is 150 Å². The number of ether oxygens (including phenoxy) is 4. The zero-order chi connectivity index (χ0) is 34.3. The van der Waals surface area contributed by atoms with Crippen LogP contribution < -0.4 is 14.8 Å². The number of hydrogen-bond acceptors (Lipinski definition) is 12. The molecule has 1 saturated carbocycles. The van der Waals surface area contributed by atoms with Gasteiger partial charge in [0.25, 0.3) is 5.88 Å². The van der Waals surface area contributed by atoms with E-state index in [1.165, 1.54) is 32.0 Å². The molecule has 3 aromatic heterocycles. The number of nitrogens with zero attached hydrogens (tertiary/aromatic N) is 9. The third-order valence-electron chi connectivity index (χ3n) is 10.0. The van der Waals surface area contributed by atoms with Crippen LogP contribution in [0.15, 0.2) is 49.4 Å². The van der Waals surface area contributed by atoms with Crippen LogP contribution in [0.2, 0.25) is 0 Å². The lowest BCUT2D eigenvalue weighted by Gasteiger charge is -2.43. The highest BCUT2D eigenvalue weighted by Crippen LogP contribution is 2.39. The van der Waals surface area contributed by atoms with Crippen LogP contribution >= 0.6 is 0 Å². The van der Waals surface area contributed by atoms with Gasteiger partial charge >= 0.3 is 0 Å². The van der Waals surface area contributed by atoms with Gasteiger partial charge in [-0.05, 0) is 76.0 Å². The highest BCUT2D eigenvalue weighted by Gasteiger charge is 2.42. The van der Waals surface area contributed by atoms with E-state index >= 15 is 0 Å². The molecule has 2 bridgehead atoms. The van der Waals surface area contributed by atoms with Crippen molar-refractivity contribution in [2.75, 3.05) is 38.9 Å². The van der Waals surface area contributed by atoms with Crippen LogP contribution in [0.3, 0.4) is 0 Å². The number of aromatic nitrogens is 7. The van der Waals surface area contributed by atoms with Crippen molar-refractivity contribution in [2.45, 2.75) is 95.1 Å². The van der Waals surface area contributed by atoms with Crippen molar-refractivity contribution in [3.63, 3.8) is 0 Å². The van der Waals surface area contributed by atoms with Crippen molar-refractivity contribution in [1.82, 2.24) is 39.4 Å². The molecule has 7 rings (SSSR count). The van der Waals surface area contributed by atoms with Crippen molar-refractivity contribution in [3.8, 4) is 28.8 Å². The number of hydrogen-bond donors (Lipinski definition) is 1. The van der Waals surface area contributed by atoms with Crippen molar-refractivity contribution < 1.29 is 18.9 Å². The number of nitrogens with one attached hydrogen (secondary N) is 1. The summed E-state index contributed by atoms with van der Waals surface area (Å²) in [6.07, 6.45) is 17.3. The Morgan fingerprint density at radius 1 is 0.980 bits per heavy atom. The van der Waals surface area contributed by atoms with Gasteiger partial charge in [0, 0.05) is 49.8 Å². The standard InChI is InChI=1S/C36H46N10O4/c1-25(19-44-24-38-23-41-44)50-34-15-26(5-6-27(34)16-37)28-17-39-36(40-18-28)42-33-20-45(43-35(33)49-14-4-3-13-47-2)29-7-9-30(10-8-29)46-31-11-12-32(46)22-48-21-31/h5-6,15,17-18,20,23-25,29-32H,3-4,7-14,19,21-22H2,1-2H3,(H,39,40,42)/t25-,29?,30?,31+,32+/m0/s1. The lowest BCUT2D eigenvalue weighted by Crippen LogP contribution is -2.52. The fraction of sp³-hybridized carbons (Fsp3) is 0.556. The number of unbranched alkanes of at least 4 members (excludes halogenated alkanes) is 1. The van der Waals surface area contributed by atoms with Crippen molar-refractivity contribution in [1.29, 1.82) is 5.26 Å². The summed E-state index contributed by atoms with van der Waals surface area (Å²) in [5.41, 5.74) is 2.83. The number of fused-ring (bicyclic) bond motifs is 2. The monoisotopic (exact) mass is 682 g/mol. The predicted octanol–water partition coefficient (Wildman–Crippen LogP) is 5.17. The van der Waals surface area contributed by atoms with Crippen LogP contribution in [0, 0.1) is 11.3 Å². The molecule has 5 heterocycles. The minimum Gasteiger partial charge on any atom is -0.487 e. The van der Waals surface area contributed by atoms with E-state index < -0.39 is 0 Å². The molecule has 0 unspecified atom stereocenters. The zero-order valence-corrected chi connectivity index (χ0v) is 28.9. The summed E-state index contributed by atoms with van der Waals surface area (Å²) < 4.78 is 27.2. The van der Waals surface area contributed by atoms with Crippen molar-refractivity contribution >= 4 is 11.6 Å². The Morgan fingerprint density at radius 2 is 1.72 bits per heavy atom. The number of anilines is 2. The lowest BCUT2D eigenvalue weighted by molar-refractivity contribution is -0.0458. The molecule has 264 valence electrons. The number of morpholine rings is 1. The van der Waals surface area contributed by atoms with E-state index in [2.05, 4.69) is 41.0 Å². The second kappa shape index (κ2) is 16.0. The Hall–Kier alpha value is -4.58. The van der Waals surface area contributed by atoms with E-state index in [0.29, 0.717) is 67.1 Å². The van der Waals surface area contributed by atoms with Gasteiger partial charge in [-0.2, -0.15) is 10.4 Å². The van der Waals surface area contributed by atoms with Gasteiger partial charge in [-0.3, -0.25) is 9.58 Å². The highest BCUT2D eigenvalue weighted by atomic mass is 16.5. The molecule has 1 N–H and O–H groups in total. The molecule has 0 radical (unpaired) electrons. The molecule has 4 aromatic rings. The third kappa shape index (κ3) is 7.90. The molecule has 50 heavy (non-hydrogen) atoms. The zero-order valence-electron chi connectivity index (χ0n) is 28.9. The number of benzene rings is 1. The van der Waals surface area contributed by atoms with E-state index in [0.717, 1.165) is 55.7 Å². The van der Waals surface area contributed by atoms with Crippen LogP contribution in [-0.4, -0.2) is 97.2 Å². The molecule has 3 aliphatic rings. The maximum Gasteiger partial charge on any atom is 0.256 e. The van der Waals surface area contributed by atoms with E-state index in [1.807, 2.05) is 25.3 Å². The van der Waals surface area contributed by atoms with E-state index in [1.54, 1.807) is 36.6 Å². The summed E-state index contributed by atoms with van der Waals surface area (Å²) in [5, 5.41) is 22.1. The van der Waals surface area contributed by atoms with Crippen molar-refractivity contribution in [3.05, 3.63) is 55.0 Å².